The minimum absolute atomic E-state index is 0.146. The van der Waals surface area contributed by atoms with E-state index < -0.39 is 23.0 Å². The molecule has 10 heteroatoms. The summed E-state index contributed by atoms with van der Waals surface area (Å²) in [4.78, 5) is 34.6. The van der Waals surface area contributed by atoms with E-state index in [2.05, 4.69) is 20.6 Å². The van der Waals surface area contributed by atoms with Crippen molar-refractivity contribution in [3.63, 3.8) is 0 Å². The molecule has 2 N–H and O–H groups in total. The number of ether oxygens (including phenoxy) is 3. The molecule has 0 radical (unpaired) electrons. The first-order valence-corrected chi connectivity index (χ1v) is 14.6. The normalized spacial score (nSPS) is 19.4. The summed E-state index contributed by atoms with van der Waals surface area (Å²) in [5, 5.41) is 6.25. The molecule has 3 heterocycles. The summed E-state index contributed by atoms with van der Waals surface area (Å²) < 4.78 is 31.4. The zero-order valence-corrected chi connectivity index (χ0v) is 23.5. The fraction of sp³-hybridized carbons (Fsp3) is 0.333. The van der Waals surface area contributed by atoms with Crippen LogP contribution in [0.1, 0.15) is 38.5 Å². The standard InChI is InChI=1S/C33H31FN4O5/c34-21-2-4-22(5-3-21)37-30(39)33(14-15-33)31(40)38-29-9-7-24(19-36-29)43-27-10-16-35-26-18-23(6-8-25(26)27)42-20-28-32(12-13-32)11-1-17-41-28/h2-10,16,18-19,28H,1,11-15,17,20H2,(H,37,39)(H,36,38,40). The van der Waals surface area contributed by atoms with Gasteiger partial charge in [-0.1, -0.05) is 0 Å². The summed E-state index contributed by atoms with van der Waals surface area (Å²) in [6.07, 6.45) is 8.97. The van der Waals surface area contributed by atoms with Gasteiger partial charge in [0.15, 0.2) is 0 Å². The maximum absolute atomic E-state index is 13.2. The van der Waals surface area contributed by atoms with Gasteiger partial charge in [0.25, 0.3) is 0 Å². The van der Waals surface area contributed by atoms with Crippen molar-refractivity contribution >= 4 is 34.2 Å². The minimum atomic E-state index is -1.17. The SMILES string of the molecule is O=C(Nc1ccc(F)cc1)C1(C(=O)Nc2ccc(Oc3ccnc4cc(OCC5OCCCC56CC6)ccc34)cn2)CC1. The van der Waals surface area contributed by atoms with Gasteiger partial charge in [-0.15, -0.1) is 0 Å². The molecule has 3 fully saturated rings. The van der Waals surface area contributed by atoms with Crippen molar-refractivity contribution in [2.45, 2.75) is 44.6 Å². The first kappa shape index (κ1) is 27.3. The molecule has 220 valence electrons. The number of rotatable bonds is 9. The predicted molar refractivity (Wildman–Crippen MR) is 158 cm³/mol. The molecule has 1 spiro atoms. The summed E-state index contributed by atoms with van der Waals surface area (Å²) in [5.74, 6) is 0.858. The van der Waals surface area contributed by atoms with Gasteiger partial charge in [0.2, 0.25) is 11.8 Å². The molecule has 1 atom stereocenters. The van der Waals surface area contributed by atoms with Crippen LogP contribution in [-0.2, 0) is 14.3 Å². The first-order valence-electron chi connectivity index (χ1n) is 14.6. The van der Waals surface area contributed by atoms with Crippen LogP contribution in [0.5, 0.6) is 17.2 Å². The van der Waals surface area contributed by atoms with Crippen molar-refractivity contribution < 1.29 is 28.2 Å². The van der Waals surface area contributed by atoms with E-state index >= 15 is 0 Å². The lowest BCUT2D eigenvalue weighted by atomic mass is 9.91. The highest BCUT2D eigenvalue weighted by atomic mass is 19.1. The van der Waals surface area contributed by atoms with Gasteiger partial charge in [-0.2, -0.15) is 0 Å². The average molecular weight is 583 g/mol. The predicted octanol–water partition coefficient (Wildman–Crippen LogP) is 6.26. The van der Waals surface area contributed by atoms with E-state index in [9.17, 15) is 14.0 Å². The highest BCUT2D eigenvalue weighted by Gasteiger charge is 2.56. The Morgan fingerprint density at radius 3 is 2.44 bits per heavy atom. The molecule has 4 aromatic rings. The molecule has 43 heavy (non-hydrogen) atoms. The molecular formula is C33H31FN4O5. The smallest absolute Gasteiger partial charge is 0.241 e. The van der Waals surface area contributed by atoms with Crippen LogP contribution in [-0.4, -0.2) is 41.1 Å². The lowest BCUT2D eigenvalue weighted by Gasteiger charge is -2.31. The van der Waals surface area contributed by atoms with E-state index in [4.69, 9.17) is 14.2 Å². The van der Waals surface area contributed by atoms with Crippen LogP contribution < -0.4 is 20.1 Å². The Kier molecular flexibility index (Phi) is 6.93. The van der Waals surface area contributed by atoms with Crippen LogP contribution in [0.3, 0.4) is 0 Å². The van der Waals surface area contributed by atoms with Crippen molar-refractivity contribution in [1.82, 2.24) is 9.97 Å². The Morgan fingerprint density at radius 2 is 1.70 bits per heavy atom. The molecule has 0 bridgehead atoms. The molecule has 3 aliphatic rings. The van der Waals surface area contributed by atoms with Crippen LogP contribution in [0.2, 0.25) is 0 Å². The zero-order valence-electron chi connectivity index (χ0n) is 23.5. The number of nitrogens with one attached hydrogen (secondary N) is 2. The number of benzene rings is 2. The van der Waals surface area contributed by atoms with Gasteiger partial charge in [0, 0.05) is 35.4 Å². The van der Waals surface area contributed by atoms with Crippen molar-refractivity contribution in [2.24, 2.45) is 10.8 Å². The number of carbonyl (C=O) groups excluding carboxylic acids is 2. The minimum Gasteiger partial charge on any atom is -0.491 e. The Balaban J connectivity index is 0.973. The first-order chi connectivity index (χ1) is 20.9. The average Bonchev–Trinajstić information content (AvgIpc) is 3.96. The second-order valence-corrected chi connectivity index (χ2v) is 11.6. The van der Waals surface area contributed by atoms with Crippen molar-refractivity contribution in [3.05, 3.63) is 78.9 Å². The third-order valence-corrected chi connectivity index (χ3v) is 8.72. The lowest BCUT2D eigenvalue weighted by molar-refractivity contribution is -0.131. The maximum Gasteiger partial charge on any atom is 0.241 e. The fourth-order valence-corrected chi connectivity index (χ4v) is 5.74. The highest BCUT2D eigenvalue weighted by molar-refractivity contribution is 6.16. The van der Waals surface area contributed by atoms with Crippen LogP contribution in [0.15, 0.2) is 73.1 Å². The summed E-state index contributed by atoms with van der Waals surface area (Å²) in [6, 6.07) is 16.3. The third-order valence-electron chi connectivity index (χ3n) is 8.72. The summed E-state index contributed by atoms with van der Waals surface area (Å²) in [7, 11) is 0. The van der Waals surface area contributed by atoms with Crippen LogP contribution in [0.4, 0.5) is 15.9 Å². The third kappa shape index (κ3) is 5.62. The number of anilines is 2. The van der Waals surface area contributed by atoms with Gasteiger partial charge in [-0.05, 0) is 93.1 Å². The van der Waals surface area contributed by atoms with Crippen molar-refractivity contribution in [3.8, 4) is 17.2 Å². The van der Waals surface area contributed by atoms with Gasteiger partial charge in [-0.25, -0.2) is 9.37 Å². The second-order valence-electron chi connectivity index (χ2n) is 11.6. The number of hydrogen-bond acceptors (Lipinski definition) is 7. The number of halogens is 1. The summed E-state index contributed by atoms with van der Waals surface area (Å²) >= 11 is 0. The Hall–Kier alpha value is -4.57. The number of hydrogen-bond donors (Lipinski definition) is 2. The molecule has 7 rings (SSSR count). The zero-order chi connectivity index (χ0) is 29.4. The Labute approximate surface area is 247 Å². The Bertz CT molecular complexity index is 1670. The van der Waals surface area contributed by atoms with Gasteiger partial charge >= 0.3 is 0 Å². The fourth-order valence-electron chi connectivity index (χ4n) is 5.74. The number of amides is 2. The molecule has 1 saturated heterocycles. The Morgan fingerprint density at radius 1 is 0.907 bits per heavy atom. The van der Waals surface area contributed by atoms with Crippen molar-refractivity contribution in [2.75, 3.05) is 23.8 Å². The van der Waals surface area contributed by atoms with Gasteiger partial charge < -0.3 is 24.8 Å². The van der Waals surface area contributed by atoms with Gasteiger partial charge in [-0.3, -0.25) is 14.6 Å². The largest absolute Gasteiger partial charge is 0.491 e. The number of carbonyl (C=O) groups is 2. The molecule has 2 saturated carbocycles. The van der Waals surface area contributed by atoms with E-state index in [-0.39, 0.29) is 6.10 Å². The van der Waals surface area contributed by atoms with E-state index in [1.165, 1.54) is 49.7 Å². The monoisotopic (exact) mass is 582 g/mol. The van der Waals surface area contributed by atoms with Crippen LogP contribution in [0, 0.1) is 16.6 Å². The summed E-state index contributed by atoms with van der Waals surface area (Å²) in [5.41, 5.74) is 0.316. The summed E-state index contributed by atoms with van der Waals surface area (Å²) in [6.45, 7) is 1.34. The van der Waals surface area contributed by atoms with Crippen LogP contribution >= 0.6 is 0 Å². The topological polar surface area (TPSA) is 112 Å². The molecule has 2 aliphatic carbocycles. The molecule has 2 amide bonds. The molecular weight excluding hydrogens is 551 g/mol. The van der Waals surface area contributed by atoms with Crippen LogP contribution in [0.25, 0.3) is 10.9 Å². The van der Waals surface area contributed by atoms with Gasteiger partial charge in [0.1, 0.15) is 40.9 Å². The van der Waals surface area contributed by atoms with Crippen molar-refractivity contribution in [1.29, 1.82) is 0 Å². The number of aromatic nitrogens is 2. The number of nitrogens with zero attached hydrogens (tertiary/aromatic N) is 2. The molecule has 9 nitrogen and oxygen atoms in total. The quantitative estimate of drug-likeness (QED) is 0.224. The lowest BCUT2D eigenvalue weighted by Crippen LogP contribution is -2.36. The molecule has 1 aliphatic heterocycles. The molecule has 2 aromatic carbocycles. The van der Waals surface area contributed by atoms with E-state index in [1.54, 1.807) is 24.4 Å². The number of pyridine rings is 2. The molecule has 1 unspecified atom stereocenters. The number of fused-ring (bicyclic) bond motifs is 1. The second kappa shape index (κ2) is 10.9. The van der Waals surface area contributed by atoms with E-state index in [1.807, 2.05) is 18.2 Å². The molecule has 2 aromatic heterocycles. The maximum atomic E-state index is 13.2. The van der Waals surface area contributed by atoms with E-state index in [0.29, 0.717) is 47.9 Å². The van der Waals surface area contributed by atoms with E-state index in [0.717, 1.165) is 29.7 Å². The highest BCUT2D eigenvalue weighted by Crippen LogP contribution is 2.55. The van der Waals surface area contributed by atoms with Gasteiger partial charge in [0.05, 0.1) is 17.8 Å².